The van der Waals surface area contributed by atoms with Crippen LogP contribution in [0.1, 0.15) is 82.7 Å². The van der Waals surface area contributed by atoms with Gasteiger partial charge in [-0.1, -0.05) is 39.5 Å². The number of unbranched alkanes of at least 4 members (excludes halogenated alkanes) is 2. The van der Waals surface area contributed by atoms with Gasteiger partial charge in [0.05, 0.1) is 12.2 Å². The SMILES string of the molecule is CCCCC(CCCC)c1cnn(C2CCOCC2)c1. The summed E-state index contributed by atoms with van der Waals surface area (Å²) in [4.78, 5) is 0. The molecule has 0 atom stereocenters. The Labute approximate surface area is 123 Å². The third-order valence-corrected chi connectivity index (χ3v) is 4.47. The maximum absolute atomic E-state index is 5.44. The van der Waals surface area contributed by atoms with Crippen LogP contribution in [0.5, 0.6) is 0 Å². The Morgan fingerprint density at radius 3 is 2.45 bits per heavy atom. The van der Waals surface area contributed by atoms with Crippen LogP contribution in [0, 0.1) is 0 Å². The molecule has 0 bridgehead atoms. The topological polar surface area (TPSA) is 27.1 Å². The molecule has 1 aliphatic rings. The molecule has 114 valence electrons. The van der Waals surface area contributed by atoms with E-state index >= 15 is 0 Å². The third kappa shape index (κ3) is 4.34. The summed E-state index contributed by atoms with van der Waals surface area (Å²) in [6.45, 7) is 6.33. The Balaban J connectivity index is 1.98. The van der Waals surface area contributed by atoms with Crippen LogP contribution in [0.25, 0.3) is 0 Å². The molecular weight excluding hydrogens is 248 g/mol. The molecule has 0 aromatic carbocycles. The van der Waals surface area contributed by atoms with Crippen molar-refractivity contribution < 1.29 is 4.74 Å². The van der Waals surface area contributed by atoms with Crippen molar-refractivity contribution in [2.24, 2.45) is 0 Å². The molecule has 20 heavy (non-hydrogen) atoms. The first-order valence-electron chi connectivity index (χ1n) is 8.47. The maximum Gasteiger partial charge on any atom is 0.0563 e. The average molecular weight is 278 g/mol. The second-order valence-corrected chi connectivity index (χ2v) is 6.08. The van der Waals surface area contributed by atoms with E-state index in [1.54, 1.807) is 0 Å². The van der Waals surface area contributed by atoms with E-state index in [-0.39, 0.29) is 0 Å². The summed E-state index contributed by atoms with van der Waals surface area (Å²) in [5, 5.41) is 4.64. The van der Waals surface area contributed by atoms with Crippen LogP contribution in [0.2, 0.25) is 0 Å². The third-order valence-electron chi connectivity index (χ3n) is 4.47. The second kappa shape index (κ2) is 8.46. The Morgan fingerprint density at radius 1 is 1.20 bits per heavy atom. The van der Waals surface area contributed by atoms with Crippen molar-refractivity contribution in [2.75, 3.05) is 13.2 Å². The zero-order valence-electron chi connectivity index (χ0n) is 13.2. The van der Waals surface area contributed by atoms with Gasteiger partial charge >= 0.3 is 0 Å². The van der Waals surface area contributed by atoms with Crippen molar-refractivity contribution in [2.45, 2.75) is 77.2 Å². The van der Waals surface area contributed by atoms with Gasteiger partial charge in [-0.15, -0.1) is 0 Å². The van der Waals surface area contributed by atoms with Crippen LogP contribution in [0.15, 0.2) is 12.4 Å². The molecule has 3 nitrogen and oxygen atoms in total. The van der Waals surface area contributed by atoms with Crippen LogP contribution < -0.4 is 0 Å². The van der Waals surface area contributed by atoms with Gasteiger partial charge in [-0.25, -0.2) is 0 Å². The highest BCUT2D eigenvalue weighted by molar-refractivity contribution is 5.11. The zero-order valence-corrected chi connectivity index (χ0v) is 13.2. The van der Waals surface area contributed by atoms with Crippen LogP contribution in [0.3, 0.4) is 0 Å². The van der Waals surface area contributed by atoms with Crippen LogP contribution in [-0.2, 0) is 4.74 Å². The van der Waals surface area contributed by atoms with Crippen molar-refractivity contribution in [1.29, 1.82) is 0 Å². The number of ether oxygens (including phenoxy) is 1. The van der Waals surface area contributed by atoms with E-state index < -0.39 is 0 Å². The lowest BCUT2D eigenvalue weighted by molar-refractivity contribution is 0.0662. The van der Waals surface area contributed by atoms with Gasteiger partial charge < -0.3 is 4.74 Å². The summed E-state index contributed by atoms with van der Waals surface area (Å²) in [7, 11) is 0. The van der Waals surface area contributed by atoms with Crippen molar-refractivity contribution in [3.8, 4) is 0 Å². The van der Waals surface area contributed by atoms with E-state index in [0.717, 1.165) is 26.1 Å². The van der Waals surface area contributed by atoms with E-state index in [1.165, 1.54) is 44.1 Å². The highest BCUT2D eigenvalue weighted by atomic mass is 16.5. The van der Waals surface area contributed by atoms with Gasteiger partial charge in [0.2, 0.25) is 0 Å². The number of rotatable bonds is 8. The van der Waals surface area contributed by atoms with Crippen LogP contribution >= 0.6 is 0 Å². The molecule has 1 saturated heterocycles. The monoisotopic (exact) mass is 278 g/mol. The maximum atomic E-state index is 5.44. The Morgan fingerprint density at radius 2 is 1.85 bits per heavy atom. The molecule has 2 rings (SSSR count). The molecule has 0 amide bonds. The largest absolute Gasteiger partial charge is 0.381 e. The van der Waals surface area contributed by atoms with E-state index in [4.69, 9.17) is 4.74 Å². The predicted octanol–water partition coefficient (Wildman–Crippen LogP) is 4.70. The summed E-state index contributed by atoms with van der Waals surface area (Å²) in [6, 6.07) is 0.551. The molecule has 0 saturated carbocycles. The molecule has 0 aliphatic carbocycles. The number of hydrogen-bond acceptors (Lipinski definition) is 2. The number of hydrogen-bond donors (Lipinski definition) is 0. The lowest BCUT2D eigenvalue weighted by Gasteiger charge is -2.22. The minimum Gasteiger partial charge on any atom is -0.381 e. The van der Waals surface area contributed by atoms with Crippen LogP contribution in [0.4, 0.5) is 0 Å². The second-order valence-electron chi connectivity index (χ2n) is 6.08. The van der Waals surface area contributed by atoms with Gasteiger partial charge in [-0.2, -0.15) is 5.10 Å². The quantitative estimate of drug-likeness (QED) is 0.689. The molecule has 1 aliphatic heterocycles. The predicted molar refractivity (Wildman–Crippen MR) is 83.1 cm³/mol. The first kappa shape index (κ1) is 15.6. The van der Waals surface area contributed by atoms with Gasteiger partial charge in [-0.3, -0.25) is 4.68 Å². The Bertz CT molecular complexity index is 361. The fourth-order valence-electron chi connectivity index (χ4n) is 3.09. The van der Waals surface area contributed by atoms with Gasteiger partial charge in [-0.05, 0) is 37.2 Å². The van der Waals surface area contributed by atoms with E-state index in [1.807, 2.05) is 0 Å². The van der Waals surface area contributed by atoms with Gasteiger partial charge in [0, 0.05) is 19.4 Å². The Hall–Kier alpha value is -0.830. The fraction of sp³-hybridized carbons (Fsp3) is 0.824. The zero-order chi connectivity index (χ0) is 14.2. The molecule has 0 radical (unpaired) electrons. The van der Waals surface area contributed by atoms with E-state index in [0.29, 0.717) is 12.0 Å². The molecule has 1 aromatic heterocycles. The smallest absolute Gasteiger partial charge is 0.0563 e. The first-order valence-corrected chi connectivity index (χ1v) is 8.47. The van der Waals surface area contributed by atoms with Gasteiger partial charge in [0.1, 0.15) is 0 Å². The van der Waals surface area contributed by atoms with Crippen molar-refractivity contribution in [3.05, 3.63) is 18.0 Å². The van der Waals surface area contributed by atoms with Gasteiger partial charge in [0.15, 0.2) is 0 Å². The van der Waals surface area contributed by atoms with Gasteiger partial charge in [0.25, 0.3) is 0 Å². The van der Waals surface area contributed by atoms with Crippen molar-refractivity contribution in [1.82, 2.24) is 9.78 Å². The lowest BCUT2D eigenvalue weighted by Crippen LogP contribution is -2.19. The molecule has 0 N–H and O–H groups in total. The number of nitrogens with zero attached hydrogens (tertiary/aromatic N) is 2. The molecule has 2 heterocycles. The molecule has 3 heteroatoms. The summed E-state index contributed by atoms with van der Waals surface area (Å²) < 4.78 is 7.64. The average Bonchev–Trinajstić information content (AvgIpc) is 2.98. The van der Waals surface area contributed by atoms with E-state index in [2.05, 4.69) is 36.0 Å². The first-order chi connectivity index (χ1) is 9.85. The Kier molecular flexibility index (Phi) is 6.58. The van der Waals surface area contributed by atoms with Crippen molar-refractivity contribution >= 4 is 0 Å². The fourth-order valence-corrected chi connectivity index (χ4v) is 3.09. The molecule has 0 unspecified atom stereocenters. The van der Waals surface area contributed by atoms with Crippen molar-refractivity contribution in [3.63, 3.8) is 0 Å². The summed E-state index contributed by atoms with van der Waals surface area (Å²) >= 11 is 0. The number of aromatic nitrogens is 2. The molecule has 1 fully saturated rings. The standard InChI is InChI=1S/C17H30N2O/c1-3-5-7-15(8-6-4-2)16-13-18-19(14-16)17-9-11-20-12-10-17/h13-15,17H,3-12H2,1-2H3. The molecule has 1 aromatic rings. The molecule has 0 spiro atoms. The highest BCUT2D eigenvalue weighted by Crippen LogP contribution is 2.29. The molecular formula is C17H30N2O. The normalized spacial score (nSPS) is 16.9. The lowest BCUT2D eigenvalue weighted by atomic mass is 9.91. The minimum atomic E-state index is 0.551. The van der Waals surface area contributed by atoms with E-state index in [9.17, 15) is 0 Å². The minimum absolute atomic E-state index is 0.551. The summed E-state index contributed by atoms with van der Waals surface area (Å²) in [5.41, 5.74) is 1.46. The summed E-state index contributed by atoms with van der Waals surface area (Å²) in [5.74, 6) is 0.712. The highest BCUT2D eigenvalue weighted by Gasteiger charge is 2.19. The van der Waals surface area contributed by atoms with Crippen LogP contribution in [-0.4, -0.2) is 23.0 Å². The summed E-state index contributed by atoms with van der Waals surface area (Å²) in [6.07, 6.45) is 14.5.